The van der Waals surface area contributed by atoms with Crippen LogP contribution in [0.15, 0.2) is 12.3 Å². The molecule has 1 aliphatic carbocycles. The second-order valence-electron chi connectivity index (χ2n) is 7.15. The highest BCUT2D eigenvalue weighted by Gasteiger charge is 2.53. The number of aromatic nitrogens is 3. The molecule has 6 nitrogen and oxygen atoms in total. The molecule has 2 saturated heterocycles. The van der Waals surface area contributed by atoms with Crippen molar-refractivity contribution in [2.45, 2.75) is 39.3 Å². The maximum absolute atomic E-state index is 12.4. The average molecular weight is 386 g/mol. The topological polar surface area (TPSA) is 71.0 Å². The number of hydrogen-bond donors (Lipinski definition) is 1. The Morgan fingerprint density at radius 2 is 2.15 bits per heavy atom. The minimum absolute atomic E-state index is 0.0133. The Kier molecular flexibility index (Phi) is 3.55. The molecule has 0 spiro atoms. The van der Waals surface area contributed by atoms with Crippen LogP contribution in [0.5, 0.6) is 0 Å². The fraction of sp³-hybridized carbons (Fsp3) is 0.444. The molecule has 26 heavy (non-hydrogen) atoms. The molecule has 2 bridgehead atoms. The van der Waals surface area contributed by atoms with Gasteiger partial charge in [0, 0.05) is 23.5 Å². The van der Waals surface area contributed by atoms with Crippen molar-refractivity contribution in [2.75, 3.05) is 11.4 Å². The summed E-state index contributed by atoms with van der Waals surface area (Å²) in [5.41, 5.74) is 1.27. The number of amides is 1. The molecule has 6 rings (SSSR count). The normalized spacial score (nSPS) is 24.1. The Bertz CT molecular complexity index is 1010. The van der Waals surface area contributed by atoms with Crippen LogP contribution >= 0.6 is 22.9 Å². The van der Waals surface area contributed by atoms with Crippen molar-refractivity contribution in [1.82, 2.24) is 19.7 Å². The highest BCUT2D eigenvalue weighted by molar-refractivity contribution is 7.18. The second kappa shape index (κ2) is 5.72. The van der Waals surface area contributed by atoms with Crippen LogP contribution in [0, 0.1) is 26.7 Å². The zero-order valence-corrected chi connectivity index (χ0v) is 16.4. The highest BCUT2D eigenvalue weighted by Crippen LogP contribution is 2.46. The number of carbonyl (C=O) groups is 1. The molecule has 134 valence electrons. The minimum atomic E-state index is -0.0133. The molecule has 2 aliphatic heterocycles. The van der Waals surface area contributed by atoms with E-state index in [0.717, 1.165) is 29.4 Å². The summed E-state index contributed by atoms with van der Waals surface area (Å²) in [5, 5.41) is 4.39. The molecular weight excluding hydrogens is 366 g/mol. The number of nitrogens with one attached hydrogen (secondary N) is 1. The number of aryl methyl sites for hydroxylation is 3. The van der Waals surface area contributed by atoms with Crippen LogP contribution in [0.2, 0.25) is 0 Å². The molecule has 3 aromatic heterocycles. The van der Waals surface area contributed by atoms with Gasteiger partial charge >= 0.3 is 0 Å². The van der Waals surface area contributed by atoms with Crippen LogP contribution in [0.1, 0.15) is 32.4 Å². The SMILES string of the molecule is Cc1nc(N2CC3CC2C3NC(=O)c2ccns2)c2c(C)c(C)sc2n1. The fourth-order valence-electron chi connectivity index (χ4n) is 4.17. The minimum Gasteiger partial charge on any atom is -0.351 e. The summed E-state index contributed by atoms with van der Waals surface area (Å²) in [6, 6.07) is 2.27. The van der Waals surface area contributed by atoms with Gasteiger partial charge in [-0.05, 0) is 50.4 Å². The van der Waals surface area contributed by atoms with Gasteiger partial charge in [-0.2, -0.15) is 0 Å². The molecule has 3 unspecified atom stereocenters. The van der Waals surface area contributed by atoms with Gasteiger partial charge in [-0.25, -0.2) is 14.3 Å². The second-order valence-corrected chi connectivity index (χ2v) is 9.19. The van der Waals surface area contributed by atoms with E-state index in [1.807, 2.05) is 6.92 Å². The lowest BCUT2D eigenvalue weighted by molar-refractivity contribution is 0.0898. The van der Waals surface area contributed by atoms with Crippen molar-refractivity contribution in [3.63, 3.8) is 0 Å². The average Bonchev–Trinajstić information content (AvgIpc) is 3.36. The lowest BCUT2D eigenvalue weighted by atomic mass is 9.80. The van der Waals surface area contributed by atoms with E-state index in [4.69, 9.17) is 4.98 Å². The monoisotopic (exact) mass is 385 g/mol. The third-order valence-corrected chi connectivity index (χ3v) is 7.50. The van der Waals surface area contributed by atoms with E-state index in [9.17, 15) is 4.79 Å². The number of rotatable bonds is 3. The quantitative estimate of drug-likeness (QED) is 0.750. The lowest BCUT2D eigenvalue weighted by Crippen LogP contribution is -2.54. The largest absolute Gasteiger partial charge is 0.351 e. The molecule has 5 heterocycles. The summed E-state index contributed by atoms with van der Waals surface area (Å²) < 4.78 is 4.02. The molecular formula is C18H19N5OS2. The standard InChI is InChI=1S/C18H19N5OS2/c1-8-9(2)25-18-14(8)16(20-10(3)21-18)23-7-11-6-12(23)15(11)22-17(24)13-4-5-19-26-13/h4-5,11-12,15H,6-7H2,1-3H3,(H,22,24). The van der Waals surface area contributed by atoms with E-state index in [2.05, 4.69) is 33.4 Å². The molecule has 1 amide bonds. The van der Waals surface area contributed by atoms with Gasteiger partial charge in [0.2, 0.25) is 0 Å². The van der Waals surface area contributed by atoms with Gasteiger partial charge in [-0.3, -0.25) is 4.79 Å². The van der Waals surface area contributed by atoms with Gasteiger partial charge < -0.3 is 10.2 Å². The maximum Gasteiger partial charge on any atom is 0.263 e. The van der Waals surface area contributed by atoms with E-state index in [0.29, 0.717) is 16.8 Å². The molecule has 0 radical (unpaired) electrons. The maximum atomic E-state index is 12.4. The number of fused-ring (bicyclic) bond motifs is 2. The van der Waals surface area contributed by atoms with Crippen LogP contribution in [-0.4, -0.2) is 38.9 Å². The van der Waals surface area contributed by atoms with Gasteiger partial charge in [0.1, 0.15) is 21.3 Å². The van der Waals surface area contributed by atoms with Crippen LogP contribution in [-0.2, 0) is 0 Å². The van der Waals surface area contributed by atoms with E-state index < -0.39 is 0 Å². The van der Waals surface area contributed by atoms with Gasteiger partial charge in [0.05, 0.1) is 17.5 Å². The molecule has 1 saturated carbocycles. The molecule has 3 fully saturated rings. The Labute approximate surface area is 159 Å². The van der Waals surface area contributed by atoms with Crippen LogP contribution in [0.3, 0.4) is 0 Å². The van der Waals surface area contributed by atoms with Gasteiger partial charge in [-0.15, -0.1) is 11.3 Å². The van der Waals surface area contributed by atoms with Crippen molar-refractivity contribution < 1.29 is 4.79 Å². The third-order valence-electron chi connectivity index (χ3n) is 5.65. The summed E-state index contributed by atoms with van der Waals surface area (Å²) >= 11 is 2.98. The Morgan fingerprint density at radius 1 is 1.31 bits per heavy atom. The predicted octanol–water partition coefficient (Wildman–Crippen LogP) is 3.08. The molecule has 3 aromatic rings. The third kappa shape index (κ3) is 2.28. The highest BCUT2D eigenvalue weighted by atomic mass is 32.1. The Balaban J connectivity index is 1.46. The predicted molar refractivity (Wildman–Crippen MR) is 104 cm³/mol. The Morgan fingerprint density at radius 3 is 2.92 bits per heavy atom. The summed E-state index contributed by atoms with van der Waals surface area (Å²) in [4.78, 5) is 27.3. The van der Waals surface area contributed by atoms with Crippen molar-refractivity contribution in [3.8, 4) is 0 Å². The smallest absolute Gasteiger partial charge is 0.263 e. The molecule has 3 aliphatic rings. The van der Waals surface area contributed by atoms with E-state index in [1.54, 1.807) is 23.6 Å². The van der Waals surface area contributed by atoms with Gasteiger partial charge in [0.15, 0.2) is 0 Å². The summed E-state index contributed by atoms with van der Waals surface area (Å²) in [7, 11) is 0. The molecule has 3 atom stereocenters. The van der Waals surface area contributed by atoms with Crippen LogP contribution < -0.4 is 10.2 Å². The van der Waals surface area contributed by atoms with Crippen LogP contribution in [0.25, 0.3) is 10.2 Å². The number of anilines is 1. The van der Waals surface area contributed by atoms with Crippen LogP contribution in [0.4, 0.5) is 5.82 Å². The van der Waals surface area contributed by atoms with Gasteiger partial charge in [-0.1, -0.05) is 0 Å². The Hall–Kier alpha value is -2.06. The fourth-order valence-corrected chi connectivity index (χ4v) is 5.74. The van der Waals surface area contributed by atoms with E-state index in [1.165, 1.54) is 27.4 Å². The van der Waals surface area contributed by atoms with Gasteiger partial charge in [0.25, 0.3) is 5.91 Å². The van der Waals surface area contributed by atoms with Crippen molar-refractivity contribution in [3.05, 3.63) is 33.4 Å². The first kappa shape index (κ1) is 16.1. The molecule has 0 aromatic carbocycles. The van der Waals surface area contributed by atoms with E-state index >= 15 is 0 Å². The van der Waals surface area contributed by atoms with Crippen molar-refractivity contribution >= 4 is 44.8 Å². The number of thiophene rings is 1. The number of hydrogen-bond acceptors (Lipinski definition) is 7. The number of carbonyl (C=O) groups excluding carboxylic acids is 1. The first-order valence-electron chi connectivity index (χ1n) is 8.75. The molecule has 1 N–H and O–H groups in total. The molecule has 8 heteroatoms. The zero-order valence-electron chi connectivity index (χ0n) is 14.8. The summed E-state index contributed by atoms with van der Waals surface area (Å²) in [6.45, 7) is 7.19. The lowest BCUT2D eigenvalue weighted by Gasteiger charge is -2.37. The zero-order chi connectivity index (χ0) is 18.0. The number of nitrogens with zero attached hydrogens (tertiary/aromatic N) is 4. The van der Waals surface area contributed by atoms with Crippen molar-refractivity contribution in [1.29, 1.82) is 0 Å². The van der Waals surface area contributed by atoms with Crippen molar-refractivity contribution in [2.24, 2.45) is 5.92 Å². The summed E-state index contributed by atoms with van der Waals surface area (Å²) in [6.07, 6.45) is 2.78. The first-order chi connectivity index (χ1) is 12.5. The first-order valence-corrected chi connectivity index (χ1v) is 10.3. The van der Waals surface area contributed by atoms with E-state index in [-0.39, 0.29) is 11.9 Å². The summed E-state index contributed by atoms with van der Waals surface area (Å²) in [5.74, 6) is 2.32.